The third kappa shape index (κ3) is 2.12. The van der Waals surface area contributed by atoms with Crippen molar-refractivity contribution in [3.8, 4) is 0 Å². The molecule has 2 N–H and O–H groups in total. The maximum absolute atomic E-state index is 3.31. The highest BCUT2D eigenvalue weighted by atomic mass is 15.7. The maximum Gasteiger partial charge on any atom is 0.125 e. The van der Waals surface area contributed by atoms with E-state index in [2.05, 4.69) is 76.7 Å². The van der Waals surface area contributed by atoms with Crippen LogP contribution in [0.4, 0.5) is 0 Å². The number of hydrazine groups is 1. The van der Waals surface area contributed by atoms with Crippen molar-refractivity contribution in [2.45, 2.75) is 52.6 Å². The van der Waals surface area contributed by atoms with Crippen LogP contribution in [-0.4, -0.2) is 0 Å². The van der Waals surface area contributed by atoms with Gasteiger partial charge in [-0.1, -0.05) is 65.8 Å². The first-order valence-electron chi connectivity index (χ1n) is 6.32. The van der Waals surface area contributed by atoms with E-state index < -0.39 is 0 Å². The largest absolute Gasteiger partial charge is 0.230 e. The van der Waals surface area contributed by atoms with Crippen molar-refractivity contribution in [1.29, 1.82) is 0 Å². The Balaban J connectivity index is 2.32. The van der Waals surface area contributed by atoms with Gasteiger partial charge in [0, 0.05) is 5.41 Å². The summed E-state index contributed by atoms with van der Waals surface area (Å²) >= 11 is 0. The zero-order valence-corrected chi connectivity index (χ0v) is 11.8. The summed E-state index contributed by atoms with van der Waals surface area (Å²) in [5.74, 6) is 0. The van der Waals surface area contributed by atoms with Gasteiger partial charge >= 0.3 is 0 Å². The fourth-order valence-electron chi connectivity index (χ4n) is 2.24. The predicted molar refractivity (Wildman–Crippen MR) is 72.5 cm³/mol. The SMILES string of the molecule is CC(C)(C)c1ccc(C2(C(C)(C)C)NN2)cc1. The van der Waals surface area contributed by atoms with Gasteiger partial charge in [-0.05, 0) is 16.5 Å². The molecule has 2 rings (SSSR count). The summed E-state index contributed by atoms with van der Waals surface area (Å²) in [6.45, 7) is 13.5. The van der Waals surface area contributed by atoms with Gasteiger partial charge in [-0.15, -0.1) is 0 Å². The molecule has 0 unspecified atom stereocenters. The van der Waals surface area contributed by atoms with E-state index >= 15 is 0 Å². The van der Waals surface area contributed by atoms with Crippen LogP contribution >= 0.6 is 0 Å². The zero-order valence-electron chi connectivity index (χ0n) is 11.8. The van der Waals surface area contributed by atoms with Gasteiger partial charge in [0.05, 0.1) is 0 Å². The van der Waals surface area contributed by atoms with E-state index in [1.807, 2.05) is 0 Å². The van der Waals surface area contributed by atoms with Gasteiger partial charge in [-0.3, -0.25) is 0 Å². The molecule has 0 aliphatic carbocycles. The standard InChI is InChI=1S/C15H24N2/c1-13(2,3)11-7-9-12(10-8-11)15(16-17-15)14(4,5)6/h7-10,16-17H,1-6H3. The summed E-state index contributed by atoms with van der Waals surface area (Å²) in [6.07, 6.45) is 0. The van der Waals surface area contributed by atoms with Gasteiger partial charge in [0.15, 0.2) is 0 Å². The lowest BCUT2D eigenvalue weighted by molar-refractivity contribution is 0.280. The Morgan fingerprint density at radius 1 is 0.824 bits per heavy atom. The zero-order chi connectivity index (χ0) is 12.9. The number of hydrogen-bond donors (Lipinski definition) is 2. The molecule has 1 aliphatic rings. The molecule has 2 heteroatoms. The smallest absolute Gasteiger partial charge is 0.125 e. The van der Waals surface area contributed by atoms with E-state index in [1.165, 1.54) is 11.1 Å². The molecule has 1 fully saturated rings. The van der Waals surface area contributed by atoms with Crippen LogP contribution in [0.1, 0.15) is 52.7 Å². The van der Waals surface area contributed by atoms with Crippen molar-refractivity contribution in [3.05, 3.63) is 35.4 Å². The first-order chi connectivity index (χ1) is 7.67. The summed E-state index contributed by atoms with van der Waals surface area (Å²) in [7, 11) is 0. The van der Waals surface area contributed by atoms with Crippen LogP contribution in [0.3, 0.4) is 0 Å². The number of rotatable bonds is 1. The maximum atomic E-state index is 3.31. The highest BCUT2D eigenvalue weighted by Gasteiger charge is 2.53. The van der Waals surface area contributed by atoms with E-state index in [-0.39, 0.29) is 16.5 Å². The molecule has 0 amide bonds. The van der Waals surface area contributed by atoms with E-state index in [1.54, 1.807) is 0 Å². The van der Waals surface area contributed by atoms with E-state index in [4.69, 9.17) is 0 Å². The normalized spacial score (nSPS) is 19.2. The van der Waals surface area contributed by atoms with Gasteiger partial charge in [0.2, 0.25) is 0 Å². The molecule has 0 radical (unpaired) electrons. The van der Waals surface area contributed by atoms with Crippen molar-refractivity contribution in [2.24, 2.45) is 5.41 Å². The third-order valence-corrected chi connectivity index (χ3v) is 3.68. The molecule has 0 saturated carbocycles. The molecule has 1 aromatic rings. The van der Waals surface area contributed by atoms with Crippen LogP contribution in [0.15, 0.2) is 24.3 Å². The quantitative estimate of drug-likeness (QED) is 0.730. The molecule has 94 valence electrons. The Morgan fingerprint density at radius 3 is 1.59 bits per heavy atom. The summed E-state index contributed by atoms with van der Waals surface area (Å²) in [6, 6.07) is 8.95. The minimum atomic E-state index is -0.0522. The average Bonchev–Trinajstić information content (AvgIpc) is 2.96. The van der Waals surface area contributed by atoms with Crippen LogP contribution in [0.2, 0.25) is 0 Å². The van der Waals surface area contributed by atoms with E-state index in [0.29, 0.717) is 0 Å². The second kappa shape index (κ2) is 3.56. The number of nitrogens with one attached hydrogen (secondary N) is 2. The first-order valence-corrected chi connectivity index (χ1v) is 6.32. The van der Waals surface area contributed by atoms with Gasteiger partial charge in [0.25, 0.3) is 0 Å². The van der Waals surface area contributed by atoms with Crippen molar-refractivity contribution in [2.75, 3.05) is 0 Å². The Bertz CT molecular complexity index is 400. The van der Waals surface area contributed by atoms with Crippen molar-refractivity contribution < 1.29 is 0 Å². The molecule has 1 aliphatic heterocycles. The number of benzene rings is 1. The van der Waals surface area contributed by atoms with Crippen molar-refractivity contribution in [3.63, 3.8) is 0 Å². The second-order valence-corrected chi connectivity index (χ2v) is 7.08. The fraction of sp³-hybridized carbons (Fsp3) is 0.600. The van der Waals surface area contributed by atoms with Gasteiger partial charge < -0.3 is 0 Å². The Morgan fingerprint density at radius 2 is 1.29 bits per heavy atom. The highest BCUT2D eigenvalue weighted by molar-refractivity contribution is 5.35. The summed E-state index contributed by atoms with van der Waals surface area (Å²) in [5.41, 5.74) is 9.65. The fourth-order valence-corrected chi connectivity index (χ4v) is 2.24. The monoisotopic (exact) mass is 232 g/mol. The first kappa shape index (κ1) is 12.6. The molecular weight excluding hydrogens is 208 g/mol. The van der Waals surface area contributed by atoms with Crippen LogP contribution in [0.5, 0.6) is 0 Å². The molecular formula is C15H24N2. The third-order valence-electron chi connectivity index (χ3n) is 3.68. The Kier molecular flexibility index (Phi) is 2.64. The Hall–Kier alpha value is -0.860. The van der Waals surface area contributed by atoms with Gasteiger partial charge in [0.1, 0.15) is 5.66 Å². The predicted octanol–water partition coefficient (Wildman–Crippen LogP) is 3.29. The lowest BCUT2D eigenvalue weighted by Crippen LogP contribution is -2.32. The van der Waals surface area contributed by atoms with Crippen LogP contribution in [0, 0.1) is 5.41 Å². The molecule has 0 aromatic heterocycles. The van der Waals surface area contributed by atoms with Crippen molar-refractivity contribution in [1.82, 2.24) is 10.9 Å². The Labute approximate surface area is 105 Å². The molecule has 2 nitrogen and oxygen atoms in total. The van der Waals surface area contributed by atoms with Crippen LogP contribution < -0.4 is 10.9 Å². The summed E-state index contributed by atoms with van der Waals surface area (Å²) in [4.78, 5) is 0. The molecule has 0 spiro atoms. The van der Waals surface area contributed by atoms with Gasteiger partial charge in [-0.2, -0.15) is 0 Å². The minimum Gasteiger partial charge on any atom is -0.230 e. The lowest BCUT2D eigenvalue weighted by Gasteiger charge is -2.28. The molecule has 1 heterocycles. The average molecular weight is 232 g/mol. The molecule has 17 heavy (non-hydrogen) atoms. The van der Waals surface area contributed by atoms with E-state index in [0.717, 1.165) is 0 Å². The topological polar surface area (TPSA) is 43.9 Å². The summed E-state index contributed by atoms with van der Waals surface area (Å²) in [5, 5.41) is 0. The molecule has 1 aromatic carbocycles. The molecule has 1 saturated heterocycles. The van der Waals surface area contributed by atoms with Crippen LogP contribution in [-0.2, 0) is 11.1 Å². The van der Waals surface area contributed by atoms with E-state index in [9.17, 15) is 0 Å². The lowest BCUT2D eigenvalue weighted by atomic mass is 9.78. The summed E-state index contributed by atoms with van der Waals surface area (Å²) < 4.78 is 0. The highest BCUT2D eigenvalue weighted by Crippen LogP contribution is 2.42. The number of hydrogen-bond acceptors (Lipinski definition) is 2. The minimum absolute atomic E-state index is 0.0522. The second-order valence-electron chi connectivity index (χ2n) is 7.08. The van der Waals surface area contributed by atoms with Crippen molar-refractivity contribution >= 4 is 0 Å². The molecule has 0 bridgehead atoms. The van der Waals surface area contributed by atoms with Gasteiger partial charge in [-0.25, -0.2) is 10.9 Å². The van der Waals surface area contributed by atoms with Crippen LogP contribution in [0.25, 0.3) is 0 Å². The molecule has 0 atom stereocenters.